The SMILES string of the molecule is CCN(CC)c1ccc(NC(=O)C2CCN(S(=O)(=O)c3ccccc3)CC2)cn1. The number of piperidine rings is 1. The number of sulfonamides is 1. The number of aromatic nitrogens is 1. The highest BCUT2D eigenvalue weighted by Crippen LogP contribution is 2.25. The lowest BCUT2D eigenvalue weighted by Gasteiger charge is -2.30. The Morgan fingerprint density at radius 2 is 1.76 bits per heavy atom. The Bertz CT molecular complexity index is 905. The van der Waals surface area contributed by atoms with E-state index in [0.717, 1.165) is 18.9 Å². The third-order valence-corrected chi connectivity index (χ3v) is 7.22. The van der Waals surface area contributed by atoms with Crippen LogP contribution in [-0.2, 0) is 14.8 Å². The van der Waals surface area contributed by atoms with E-state index < -0.39 is 10.0 Å². The molecule has 0 saturated carbocycles. The molecule has 29 heavy (non-hydrogen) atoms. The van der Waals surface area contributed by atoms with E-state index in [-0.39, 0.29) is 11.8 Å². The van der Waals surface area contributed by atoms with Crippen molar-refractivity contribution in [2.45, 2.75) is 31.6 Å². The molecule has 0 spiro atoms. The zero-order valence-corrected chi connectivity index (χ0v) is 17.7. The van der Waals surface area contributed by atoms with Crippen LogP contribution in [0.5, 0.6) is 0 Å². The molecule has 1 aromatic carbocycles. The Morgan fingerprint density at radius 1 is 1.10 bits per heavy atom. The first-order valence-corrected chi connectivity index (χ1v) is 11.5. The predicted octanol–water partition coefficient (Wildman–Crippen LogP) is 2.97. The van der Waals surface area contributed by atoms with E-state index >= 15 is 0 Å². The van der Waals surface area contributed by atoms with Crippen LogP contribution in [0, 0.1) is 5.92 Å². The number of carbonyl (C=O) groups excluding carboxylic acids is 1. The minimum absolute atomic E-state index is 0.0841. The van der Waals surface area contributed by atoms with Crippen molar-refractivity contribution in [2.75, 3.05) is 36.4 Å². The molecule has 3 rings (SSSR count). The zero-order chi connectivity index (χ0) is 20.9. The van der Waals surface area contributed by atoms with Gasteiger partial charge in [-0.15, -0.1) is 0 Å². The lowest BCUT2D eigenvalue weighted by Crippen LogP contribution is -2.41. The van der Waals surface area contributed by atoms with E-state index in [1.807, 2.05) is 12.1 Å². The number of hydrogen-bond acceptors (Lipinski definition) is 5. The van der Waals surface area contributed by atoms with E-state index in [4.69, 9.17) is 0 Å². The summed E-state index contributed by atoms with van der Waals surface area (Å²) in [7, 11) is -3.50. The van der Waals surface area contributed by atoms with Gasteiger partial charge in [0.1, 0.15) is 5.82 Å². The normalized spacial score (nSPS) is 15.8. The van der Waals surface area contributed by atoms with Gasteiger partial charge in [0.2, 0.25) is 15.9 Å². The minimum Gasteiger partial charge on any atom is -0.357 e. The molecule has 0 bridgehead atoms. The third kappa shape index (κ3) is 4.94. The lowest BCUT2D eigenvalue weighted by molar-refractivity contribution is -0.120. The van der Waals surface area contributed by atoms with Gasteiger partial charge in [0.25, 0.3) is 0 Å². The van der Waals surface area contributed by atoms with Crippen LogP contribution in [0.25, 0.3) is 0 Å². The van der Waals surface area contributed by atoms with Crippen molar-refractivity contribution in [1.29, 1.82) is 0 Å². The van der Waals surface area contributed by atoms with Gasteiger partial charge < -0.3 is 10.2 Å². The molecular formula is C21H28N4O3S. The molecule has 1 amide bonds. The van der Waals surface area contributed by atoms with Crippen LogP contribution in [0.2, 0.25) is 0 Å². The summed E-state index contributed by atoms with van der Waals surface area (Å²) in [5.74, 6) is 0.589. The number of benzene rings is 1. The van der Waals surface area contributed by atoms with Crippen LogP contribution >= 0.6 is 0 Å². The van der Waals surface area contributed by atoms with Gasteiger partial charge in [0.15, 0.2) is 0 Å². The maximum Gasteiger partial charge on any atom is 0.243 e. The maximum absolute atomic E-state index is 12.7. The van der Waals surface area contributed by atoms with E-state index in [0.29, 0.717) is 36.5 Å². The molecular weight excluding hydrogens is 388 g/mol. The lowest BCUT2D eigenvalue weighted by atomic mass is 9.97. The number of rotatable bonds is 7. The smallest absolute Gasteiger partial charge is 0.243 e. The molecule has 1 N–H and O–H groups in total. The third-order valence-electron chi connectivity index (χ3n) is 5.31. The highest BCUT2D eigenvalue weighted by atomic mass is 32.2. The highest BCUT2D eigenvalue weighted by Gasteiger charge is 2.32. The summed E-state index contributed by atoms with van der Waals surface area (Å²) in [5.41, 5.74) is 0.658. The van der Waals surface area contributed by atoms with Crippen molar-refractivity contribution in [1.82, 2.24) is 9.29 Å². The van der Waals surface area contributed by atoms with Gasteiger partial charge in [0.05, 0.1) is 16.8 Å². The van der Waals surface area contributed by atoms with Gasteiger partial charge in [-0.2, -0.15) is 4.31 Å². The van der Waals surface area contributed by atoms with Crippen molar-refractivity contribution >= 4 is 27.4 Å². The Morgan fingerprint density at radius 3 is 2.31 bits per heavy atom. The Kier molecular flexibility index (Phi) is 6.87. The van der Waals surface area contributed by atoms with Crippen LogP contribution in [0.3, 0.4) is 0 Å². The van der Waals surface area contributed by atoms with Gasteiger partial charge in [0, 0.05) is 32.1 Å². The number of pyridine rings is 1. The largest absolute Gasteiger partial charge is 0.357 e. The fourth-order valence-electron chi connectivity index (χ4n) is 3.54. The Hall–Kier alpha value is -2.45. The second-order valence-corrected chi connectivity index (χ2v) is 9.00. The van der Waals surface area contributed by atoms with Gasteiger partial charge in [-0.1, -0.05) is 18.2 Å². The number of nitrogens with one attached hydrogen (secondary N) is 1. The molecule has 7 nitrogen and oxygen atoms in total. The van der Waals surface area contributed by atoms with Crippen molar-refractivity contribution in [3.05, 3.63) is 48.7 Å². The molecule has 1 fully saturated rings. The molecule has 0 radical (unpaired) electrons. The van der Waals surface area contributed by atoms with Crippen molar-refractivity contribution in [3.63, 3.8) is 0 Å². The van der Waals surface area contributed by atoms with E-state index in [1.54, 1.807) is 36.5 Å². The summed E-state index contributed by atoms with van der Waals surface area (Å²) >= 11 is 0. The molecule has 8 heteroatoms. The average molecular weight is 417 g/mol. The van der Waals surface area contributed by atoms with Gasteiger partial charge in [-0.25, -0.2) is 13.4 Å². The summed E-state index contributed by atoms with van der Waals surface area (Å²) < 4.78 is 26.9. The fourth-order valence-corrected chi connectivity index (χ4v) is 5.03. The molecule has 1 aliphatic heterocycles. The summed E-state index contributed by atoms with van der Waals surface area (Å²) in [6.07, 6.45) is 2.67. The molecule has 0 atom stereocenters. The van der Waals surface area contributed by atoms with Gasteiger partial charge in [-0.3, -0.25) is 4.79 Å². The molecule has 156 valence electrons. The topological polar surface area (TPSA) is 82.6 Å². The van der Waals surface area contributed by atoms with Gasteiger partial charge in [-0.05, 0) is 51.0 Å². The molecule has 2 aromatic rings. The second kappa shape index (κ2) is 9.37. The van der Waals surface area contributed by atoms with Crippen molar-refractivity contribution < 1.29 is 13.2 Å². The van der Waals surface area contributed by atoms with Crippen LogP contribution in [-0.4, -0.2) is 49.8 Å². The first kappa shape index (κ1) is 21.3. The summed E-state index contributed by atoms with van der Waals surface area (Å²) in [6.45, 7) is 6.58. The van der Waals surface area contributed by atoms with Crippen molar-refractivity contribution in [2.24, 2.45) is 5.92 Å². The molecule has 1 aromatic heterocycles. The number of hydrogen-bond donors (Lipinski definition) is 1. The van der Waals surface area contributed by atoms with E-state index in [1.165, 1.54) is 4.31 Å². The Balaban J connectivity index is 1.56. The average Bonchev–Trinajstić information content (AvgIpc) is 2.76. The number of amides is 1. The van der Waals surface area contributed by atoms with Crippen LogP contribution in [0.4, 0.5) is 11.5 Å². The Labute approximate surface area is 172 Å². The first-order valence-electron chi connectivity index (χ1n) is 10.0. The van der Waals surface area contributed by atoms with Crippen LogP contribution in [0.1, 0.15) is 26.7 Å². The quantitative estimate of drug-likeness (QED) is 0.750. The molecule has 1 saturated heterocycles. The summed E-state index contributed by atoms with van der Waals surface area (Å²) in [6, 6.07) is 12.2. The van der Waals surface area contributed by atoms with E-state index in [9.17, 15) is 13.2 Å². The highest BCUT2D eigenvalue weighted by molar-refractivity contribution is 7.89. The molecule has 1 aliphatic rings. The number of carbonyl (C=O) groups is 1. The van der Waals surface area contributed by atoms with Crippen LogP contribution in [0.15, 0.2) is 53.6 Å². The molecule has 0 aliphatic carbocycles. The number of anilines is 2. The monoisotopic (exact) mass is 416 g/mol. The van der Waals surface area contributed by atoms with Gasteiger partial charge >= 0.3 is 0 Å². The number of nitrogens with zero attached hydrogens (tertiary/aromatic N) is 3. The van der Waals surface area contributed by atoms with E-state index in [2.05, 4.69) is 29.0 Å². The summed E-state index contributed by atoms with van der Waals surface area (Å²) in [4.78, 5) is 19.5. The van der Waals surface area contributed by atoms with Crippen molar-refractivity contribution in [3.8, 4) is 0 Å². The van der Waals surface area contributed by atoms with Crippen LogP contribution < -0.4 is 10.2 Å². The molecule has 0 unspecified atom stereocenters. The zero-order valence-electron chi connectivity index (χ0n) is 16.9. The standard InChI is InChI=1S/C21H28N4O3S/c1-3-24(4-2)20-11-10-18(16-22-20)23-21(26)17-12-14-25(15-13-17)29(27,28)19-8-6-5-7-9-19/h5-11,16-17H,3-4,12-15H2,1-2H3,(H,23,26). The second-order valence-electron chi connectivity index (χ2n) is 7.06. The fraction of sp³-hybridized carbons (Fsp3) is 0.429. The molecule has 2 heterocycles. The maximum atomic E-state index is 12.7. The summed E-state index contributed by atoms with van der Waals surface area (Å²) in [5, 5.41) is 2.91. The minimum atomic E-state index is -3.50. The first-order chi connectivity index (χ1) is 14.0. The predicted molar refractivity (Wildman–Crippen MR) is 114 cm³/mol.